The fraction of sp³-hybridized carbons (Fsp3) is 0.262. The van der Waals surface area contributed by atoms with Crippen molar-refractivity contribution in [2.75, 3.05) is 31.5 Å². The van der Waals surface area contributed by atoms with Crippen molar-refractivity contribution in [3.63, 3.8) is 0 Å². The van der Waals surface area contributed by atoms with Crippen LogP contribution in [-0.2, 0) is 49.5 Å². The average molecular weight is 1020 g/mol. The summed E-state index contributed by atoms with van der Waals surface area (Å²) >= 11 is 0. The number of anilines is 2. The summed E-state index contributed by atoms with van der Waals surface area (Å²) in [5.74, 6) is -1.10. The van der Waals surface area contributed by atoms with Gasteiger partial charge in [-0.05, 0) is 116 Å². The van der Waals surface area contributed by atoms with Crippen LogP contribution in [0.3, 0.4) is 0 Å². The highest BCUT2D eigenvalue weighted by Gasteiger charge is 2.16. The first-order valence-electron chi connectivity index (χ1n) is 24.2. The van der Waals surface area contributed by atoms with Gasteiger partial charge in [0.2, 0.25) is 0 Å². The second kappa shape index (κ2) is 31.7. The van der Waals surface area contributed by atoms with E-state index in [1.807, 2.05) is 43.3 Å². The number of para-hydroxylation sites is 1. The molecule has 14 nitrogen and oxygen atoms in total. The molecule has 0 heterocycles. The first-order valence-corrected chi connectivity index (χ1v) is 24.2. The third kappa shape index (κ3) is 19.7. The maximum atomic E-state index is 12.3. The van der Waals surface area contributed by atoms with E-state index in [1.165, 1.54) is 21.1 Å². The number of rotatable bonds is 21. The number of benzene rings is 6. The molecule has 0 bridgehead atoms. The monoisotopic (exact) mass is 1020 g/mol. The van der Waals surface area contributed by atoms with Crippen molar-refractivity contribution in [1.29, 1.82) is 0 Å². The second-order valence-corrected chi connectivity index (χ2v) is 16.7. The number of aryl methyl sites for hydroxylation is 2. The molecular weight excluding hydrogens is 953 g/mol. The molecular formula is C61H66N2O12. The molecule has 0 aromatic heterocycles. The number of hydrogen-bond acceptors (Lipinski definition) is 12. The maximum Gasteiger partial charge on any atom is 0.338 e. The SMILES string of the molecule is C.CCC(=O)c1ccccc1NC(=O)Nc1ccc(C(C)=O)cc1.CCOC(=O)c1ccc(CCC(=O)Cc2ccccc2C(=O)CC)cc1.COC(=O)c1cccc(CCC(=O)Cc2ccccc2C(=O)OC)c1. The number of nitrogens with one attached hydrogen (secondary N) is 2. The van der Waals surface area contributed by atoms with Gasteiger partial charge in [-0.25, -0.2) is 19.2 Å². The quantitative estimate of drug-likeness (QED) is 0.0392. The molecule has 0 saturated carbocycles. The Kier molecular flexibility index (Phi) is 25.7. The maximum absolute atomic E-state index is 12.3. The van der Waals surface area contributed by atoms with Gasteiger partial charge in [-0.1, -0.05) is 100 Å². The normalized spacial score (nSPS) is 10.1. The lowest BCUT2D eigenvalue weighted by Crippen LogP contribution is -2.21. The summed E-state index contributed by atoms with van der Waals surface area (Å²) < 4.78 is 14.4. The first-order chi connectivity index (χ1) is 35.6. The van der Waals surface area contributed by atoms with Gasteiger partial charge in [0.05, 0.1) is 43.2 Å². The summed E-state index contributed by atoms with van der Waals surface area (Å²) in [5.41, 5.74) is 7.44. The number of urea groups is 1. The summed E-state index contributed by atoms with van der Waals surface area (Å²) in [6.45, 7) is 7.19. The van der Waals surface area contributed by atoms with Crippen LogP contribution in [0.15, 0.2) is 146 Å². The summed E-state index contributed by atoms with van der Waals surface area (Å²) in [6.07, 6.45) is 3.07. The number of carbonyl (C=O) groups excluding carboxylic acids is 9. The minimum atomic E-state index is -0.450. The van der Waals surface area contributed by atoms with Crippen LogP contribution in [0.5, 0.6) is 0 Å². The minimum Gasteiger partial charge on any atom is -0.465 e. The molecule has 0 aliphatic heterocycles. The van der Waals surface area contributed by atoms with Crippen LogP contribution in [0, 0.1) is 0 Å². The minimum absolute atomic E-state index is 0. The van der Waals surface area contributed by atoms with Crippen molar-refractivity contribution in [2.24, 2.45) is 0 Å². The number of ether oxygens (including phenoxy) is 3. The largest absolute Gasteiger partial charge is 0.465 e. The van der Waals surface area contributed by atoms with Gasteiger partial charge >= 0.3 is 23.9 Å². The van der Waals surface area contributed by atoms with Crippen molar-refractivity contribution in [3.8, 4) is 0 Å². The summed E-state index contributed by atoms with van der Waals surface area (Å²) in [4.78, 5) is 107. The van der Waals surface area contributed by atoms with Crippen LogP contribution in [0.4, 0.5) is 16.2 Å². The second-order valence-electron chi connectivity index (χ2n) is 16.7. The van der Waals surface area contributed by atoms with E-state index in [9.17, 15) is 43.2 Å². The average Bonchev–Trinajstić information content (AvgIpc) is 3.42. The molecule has 0 unspecified atom stereocenters. The lowest BCUT2D eigenvalue weighted by atomic mass is 9.96. The van der Waals surface area contributed by atoms with Gasteiger partial charge in [0, 0.05) is 60.9 Å². The highest BCUT2D eigenvalue weighted by molar-refractivity contribution is 6.07. The highest BCUT2D eigenvalue weighted by Crippen LogP contribution is 2.20. The van der Waals surface area contributed by atoms with Gasteiger partial charge in [0.1, 0.15) is 11.6 Å². The number of Topliss-reactive ketones (excluding diaryl/α,β-unsaturated/α-hetero) is 5. The van der Waals surface area contributed by atoms with Gasteiger partial charge in [-0.2, -0.15) is 0 Å². The number of carbonyl (C=O) groups is 9. The lowest BCUT2D eigenvalue weighted by Gasteiger charge is -2.11. The van der Waals surface area contributed by atoms with Crippen LogP contribution < -0.4 is 10.6 Å². The molecule has 0 saturated heterocycles. The number of methoxy groups -OCH3 is 2. The molecule has 0 spiro atoms. The van der Waals surface area contributed by atoms with E-state index in [0.29, 0.717) is 95.5 Å². The molecule has 2 N–H and O–H groups in total. The van der Waals surface area contributed by atoms with Gasteiger partial charge in [-0.15, -0.1) is 0 Å². The van der Waals surface area contributed by atoms with Crippen molar-refractivity contribution >= 4 is 64.2 Å². The lowest BCUT2D eigenvalue weighted by molar-refractivity contribution is -0.119. The van der Waals surface area contributed by atoms with Crippen LogP contribution in [0.1, 0.15) is 145 Å². The van der Waals surface area contributed by atoms with Crippen molar-refractivity contribution in [2.45, 2.75) is 86.5 Å². The van der Waals surface area contributed by atoms with Gasteiger partial charge < -0.3 is 24.8 Å². The molecule has 14 heteroatoms. The fourth-order valence-electron chi connectivity index (χ4n) is 7.38. The summed E-state index contributed by atoms with van der Waals surface area (Å²) in [6, 6.07) is 41.4. The van der Waals surface area contributed by atoms with E-state index >= 15 is 0 Å². The van der Waals surface area contributed by atoms with Crippen LogP contribution >= 0.6 is 0 Å². The van der Waals surface area contributed by atoms with Gasteiger partial charge in [-0.3, -0.25) is 24.0 Å². The van der Waals surface area contributed by atoms with Crippen LogP contribution in [0.2, 0.25) is 0 Å². The molecule has 0 radical (unpaired) electrons. The van der Waals surface area contributed by atoms with E-state index in [0.717, 1.165) is 16.7 Å². The van der Waals surface area contributed by atoms with E-state index in [4.69, 9.17) is 14.2 Å². The number of hydrogen-bond donors (Lipinski definition) is 2. The number of ketones is 5. The number of esters is 3. The molecule has 0 atom stereocenters. The first kappa shape index (κ1) is 60.7. The molecule has 2 amide bonds. The predicted octanol–water partition coefficient (Wildman–Crippen LogP) is 12.0. The van der Waals surface area contributed by atoms with Crippen molar-refractivity contribution < 1.29 is 57.4 Å². The zero-order valence-corrected chi connectivity index (χ0v) is 42.6. The molecule has 6 aromatic carbocycles. The molecule has 75 heavy (non-hydrogen) atoms. The van der Waals surface area contributed by atoms with Gasteiger partial charge in [0.25, 0.3) is 0 Å². The molecule has 6 rings (SSSR count). The van der Waals surface area contributed by atoms with E-state index < -0.39 is 18.0 Å². The molecule has 0 fully saturated rings. The van der Waals surface area contributed by atoms with E-state index in [2.05, 4.69) is 10.6 Å². The molecule has 6 aromatic rings. The van der Waals surface area contributed by atoms with Crippen molar-refractivity contribution in [1.82, 2.24) is 0 Å². The van der Waals surface area contributed by atoms with Crippen molar-refractivity contribution in [3.05, 3.63) is 201 Å². The fourth-order valence-corrected chi connectivity index (χ4v) is 7.38. The molecule has 0 aliphatic rings. The highest BCUT2D eigenvalue weighted by atomic mass is 16.5. The Labute approximate surface area is 439 Å². The smallest absolute Gasteiger partial charge is 0.338 e. The van der Waals surface area contributed by atoms with Crippen LogP contribution in [-0.4, -0.2) is 73.7 Å². The molecule has 0 aliphatic carbocycles. The summed E-state index contributed by atoms with van der Waals surface area (Å²) in [5, 5.41) is 5.34. The Bertz CT molecular complexity index is 2920. The Balaban J connectivity index is 0.000000295. The topological polar surface area (TPSA) is 205 Å². The zero-order chi connectivity index (χ0) is 54.0. The zero-order valence-electron chi connectivity index (χ0n) is 42.6. The third-order valence-electron chi connectivity index (χ3n) is 11.4. The van der Waals surface area contributed by atoms with Gasteiger partial charge in [0.15, 0.2) is 17.3 Å². The Morgan fingerprint density at radius 1 is 0.467 bits per heavy atom. The predicted molar refractivity (Wildman–Crippen MR) is 290 cm³/mol. The Morgan fingerprint density at radius 2 is 0.973 bits per heavy atom. The Hall–Kier alpha value is -8.65. The van der Waals surface area contributed by atoms with E-state index in [1.54, 1.807) is 123 Å². The molecule has 392 valence electrons. The number of amides is 2. The van der Waals surface area contributed by atoms with Crippen LogP contribution in [0.25, 0.3) is 0 Å². The summed E-state index contributed by atoms with van der Waals surface area (Å²) in [7, 11) is 2.65. The standard InChI is InChI=1S/C22H24O4.C20H20O5.C18H18N2O3.CH4/c1-3-21(24)20-8-6-5-7-18(20)15-19(23)14-11-16-9-12-17(13-10-16)22(25)26-4-2;1-24-19(22)16-8-5-6-14(12-16)10-11-17(21)13-15-7-3-4-9-18(15)20(23)25-2;1-3-17(22)15-6-4-5-7-16(15)20-18(23)19-14-10-8-13(9-11-14)12(2)21;/h5-10,12-13H,3-4,11,14-15H2,1-2H3;3-9,12H,10-11,13H2,1-2H3;4-11H,3H2,1-2H3,(H2,19,20,23);1H4. The Morgan fingerprint density at radius 3 is 1.53 bits per heavy atom. The van der Waals surface area contributed by atoms with E-state index in [-0.39, 0.29) is 55.2 Å². The third-order valence-corrected chi connectivity index (χ3v) is 11.4.